The summed E-state index contributed by atoms with van der Waals surface area (Å²) in [6, 6.07) is 0. The van der Waals surface area contributed by atoms with Crippen molar-refractivity contribution in [2.45, 2.75) is 46.3 Å². The number of epoxide rings is 1. The van der Waals surface area contributed by atoms with E-state index in [-0.39, 0.29) is 5.60 Å². The van der Waals surface area contributed by atoms with Gasteiger partial charge in [-0.1, -0.05) is 13.8 Å². The third kappa shape index (κ3) is 7.88. The molecule has 1 rings (SSSR count). The fourth-order valence-corrected chi connectivity index (χ4v) is 2.04. The van der Waals surface area contributed by atoms with E-state index in [1.165, 1.54) is 5.57 Å². The number of hydrogen-bond acceptors (Lipinski definition) is 4. The van der Waals surface area contributed by atoms with Crippen LogP contribution in [0.25, 0.3) is 0 Å². The van der Waals surface area contributed by atoms with Crippen molar-refractivity contribution in [1.29, 1.82) is 0 Å². The van der Waals surface area contributed by atoms with E-state index < -0.39 is 0 Å². The molecule has 1 heterocycles. The van der Waals surface area contributed by atoms with Gasteiger partial charge in [-0.2, -0.15) is 0 Å². The van der Waals surface area contributed by atoms with Gasteiger partial charge >= 0.3 is 0 Å². The Labute approximate surface area is 124 Å². The zero-order valence-electron chi connectivity index (χ0n) is 14.3. The molecule has 118 valence electrons. The van der Waals surface area contributed by atoms with Gasteiger partial charge in [0.1, 0.15) is 6.10 Å². The average Bonchev–Trinajstić information content (AvgIpc) is 3.06. The molecule has 0 aromatic heterocycles. The molecule has 1 aliphatic rings. The maximum Gasteiger partial charge on any atom is 0.105 e. The maximum absolute atomic E-state index is 5.94. The molecule has 0 aromatic rings. The lowest BCUT2D eigenvalue weighted by molar-refractivity contribution is -0.0638. The SMILES string of the molecule is CC(C)CN(COC(C)(C)C)C/C(=C\N(C)C)[C@H]1CO1. The first-order valence-electron chi connectivity index (χ1n) is 7.52. The Morgan fingerprint density at radius 3 is 2.35 bits per heavy atom. The van der Waals surface area contributed by atoms with Crippen molar-refractivity contribution < 1.29 is 9.47 Å². The van der Waals surface area contributed by atoms with Crippen molar-refractivity contribution in [3.8, 4) is 0 Å². The summed E-state index contributed by atoms with van der Waals surface area (Å²) in [5.41, 5.74) is 1.24. The van der Waals surface area contributed by atoms with E-state index in [1.54, 1.807) is 0 Å². The Balaban J connectivity index is 2.61. The normalized spacial score (nSPS) is 19.9. The van der Waals surface area contributed by atoms with E-state index in [1.807, 2.05) is 0 Å². The van der Waals surface area contributed by atoms with E-state index in [0.29, 0.717) is 18.8 Å². The minimum Gasteiger partial charge on any atom is -0.383 e. The summed E-state index contributed by atoms with van der Waals surface area (Å²) in [7, 11) is 4.11. The summed E-state index contributed by atoms with van der Waals surface area (Å²) >= 11 is 0. The van der Waals surface area contributed by atoms with Crippen molar-refractivity contribution in [3.05, 3.63) is 11.8 Å². The third-order valence-electron chi connectivity index (χ3n) is 2.88. The molecule has 0 aliphatic carbocycles. The Morgan fingerprint density at radius 1 is 1.35 bits per heavy atom. The molecule has 0 aromatic carbocycles. The van der Waals surface area contributed by atoms with Gasteiger partial charge < -0.3 is 14.4 Å². The lowest BCUT2D eigenvalue weighted by Gasteiger charge is -2.29. The highest BCUT2D eigenvalue weighted by molar-refractivity contribution is 5.14. The predicted molar refractivity (Wildman–Crippen MR) is 83.6 cm³/mol. The van der Waals surface area contributed by atoms with Gasteiger partial charge in [-0.05, 0) is 32.3 Å². The number of hydrogen-bond donors (Lipinski definition) is 0. The predicted octanol–water partition coefficient (Wildman–Crippen LogP) is 2.56. The molecule has 1 aliphatic heterocycles. The Hall–Kier alpha value is -0.580. The quantitative estimate of drug-likeness (QED) is 0.506. The van der Waals surface area contributed by atoms with Crippen LogP contribution in [0.5, 0.6) is 0 Å². The van der Waals surface area contributed by atoms with Gasteiger partial charge in [-0.3, -0.25) is 4.90 Å². The molecule has 0 spiro atoms. The van der Waals surface area contributed by atoms with Crippen LogP contribution in [-0.2, 0) is 9.47 Å². The zero-order valence-corrected chi connectivity index (χ0v) is 14.3. The summed E-state index contributed by atoms with van der Waals surface area (Å²) in [6.45, 7) is 14.3. The highest BCUT2D eigenvalue weighted by Crippen LogP contribution is 2.21. The van der Waals surface area contributed by atoms with Gasteiger partial charge in [-0.25, -0.2) is 0 Å². The van der Waals surface area contributed by atoms with Crippen LogP contribution in [0.3, 0.4) is 0 Å². The molecule has 4 heteroatoms. The van der Waals surface area contributed by atoms with Crippen LogP contribution in [0.1, 0.15) is 34.6 Å². The van der Waals surface area contributed by atoms with Gasteiger partial charge in [0.15, 0.2) is 0 Å². The molecule has 1 fully saturated rings. The fraction of sp³-hybridized carbons (Fsp3) is 0.875. The van der Waals surface area contributed by atoms with Gasteiger partial charge in [0.25, 0.3) is 0 Å². The van der Waals surface area contributed by atoms with E-state index >= 15 is 0 Å². The molecule has 1 atom stereocenters. The largest absolute Gasteiger partial charge is 0.383 e. The molecular weight excluding hydrogens is 252 g/mol. The standard InChI is InChI=1S/C16H32N2O2/c1-13(2)8-18(12-20-16(3,4)5)10-14(9-17(6)7)15-11-19-15/h9,13,15H,8,10-12H2,1-7H3/b14-9+/t15-/m1/s1. The molecule has 0 unspecified atom stereocenters. The van der Waals surface area contributed by atoms with Crippen LogP contribution in [-0.4, -0.2) is 62.0 Å². The molecule has 4 nitrogen and oxygen atoms in total. The smallest absolute Gasteiger partial charge is 0.105 e. The minimum atomic E-state index is -0.100. The first kappa shape index (κ1) is 17.5. The van der Waals surface area contributed by atoms with Crippen LogP contribution in [0.15, 0.2) is 11.8 Å². The van der Waals surface area contributed by atoms with Crippen LogP contribution in [0.4, 0.5) is 0 Å². The van der Waals surface area contributed by atoms with E-state index in [0.717, 1.165) is 19.7 Å². The summed E-state index contributed by atoms with van der Waals surface area (Å²) in [5.74, 6) is 0.624. The molecule has 0 bridgehead atoms. The second-order valence-electron chi connectivity index (χ2n) is 7.28. The molecule has 1 saturated heterocycles. The summed E-state index contributed by atoms with van der Waals surface area (Å²) in [4.78, 5) is 4.46. The van der Waals surface area contributed by atoms with E-state index in [2.05, 4.69) is 64.7 Å². The number of ether oxygens (including phenoxy) is 2. The average molecular weight is 284 g/mol. The second kappa shape index (κ2) is 7.43. The van der Waals surface area contributed by atoms with Crippen molar-refractivity contribution in [3.63, 3.8) is 0 Å². The molecule has 20 heavy (non-hydrogen) atoms. The lowest BCUT2D eigenvalue weighted by atomic mass is 10.1. The topological polar surface area (TPSA) is 28.2 Å². The zero-order chi connectivity index (χ0) is 15.3. The van der Waals surface area contributed by atoms with Crippen molar-refractivity contribution >= 4 is 0 Å². The summed E-state index contributed by atoms with van der Waals surface area (Å²) < 4.78 is 11.4. The third-order valence-corrected chi connectivity index (χ3v) is 2.88. The van der Waals surface area contributed by atoms with Crippen molar-refractivity contribution in [1.82, 2.24) is 9.80 Å². The van der Waals surface area contributed by atoms with E-state index in [9.17, 15) is 0 Å². The Morgan fingerprint density at radius 2 is 1.95 bits per heavy atom. The fourth-order valence-electron chi connectivity index (χ4n) is 2.04. The van der Waals surface area contributed by atoms with Crippen LogP contribution in [0, 0.1) is 5.92 Å². The number of nitrogens with zero attached hydrogens (tertiary/aromatic N) is 2. The second-order valence-corrected chi connectivity index (χ2v) is 7.28. The highest BCUT2D eigenvalue weighted by atomic mass is 16.6. The van der Waals surface area contributed by atoms with Crippen molar-refractivity contribution in [2.75, 3.05) is 40.5 Å². The van der Waals surface area contributed by atoms with Gasteiger partial charge in [-0.15, -0.1) is 0 Å². The Bertz CT molecular complexity index is 315. The Kier molecular flexibility index (Phi) is 6.49. The van der Waals surface area contributed by atoms with E-state index in [4.69, 9.17) is 9.47 Å². The number of rotatable bonds is 8. The van der Waals surface area contributed by atoms with Gasteiger partial charge in [0.05, 0.1) is 18.9 Å². The van der Waals surface area contributed by atoms with Crippen LogP contribution >= 0.6 is 0 Å². The molecule has 0 saturated carbocycles. The maximum atomic E-state index is 5.94. The highest BCUT2D eigenvalue weighted by Gasteiger charge is 2.29. The molecule has 0 N–H and O–H groups in total. The van der Waals surface area contributed by atoms with Crippen LogP contribution < -0.4 is 0 Å². The molecule has 0 radical (unpaired) electrons. The monoisotopic (exact) mass is 284 g/mol. The van der Waals surface area contributed by atoms with Crippen molar-refractivity contribution in [2.24, 2.45) is 5.92 Å². The summed E-state index contributed by atoms with van der Waals surface area (Å²) in [5, 5.41) is 0. The minimum absolute atomic E-state index is 0.100. The van der Waals surface area contributed by atoms with Crippen LogP contribution in [0.2, 0.25) is 0 Å². The lowest BCUT2D eigenvalue weighted by Crippen LogP contribution is -2.36. The first-order chi connectivity index (χ1) is 9.17. The summed E-state index contributed by atoms with van der Waals surface area (Å²) in [6.07, 6.45) is 2.49. The van der Waals surface area contributed by atoms with Gasteiger partial charge in [0.2, 0.25) is 0 Å². The first-order valence-corrected chi connectivity index (χ1v) is 7.52. The molecular formula is C16H32N2O2. The van der Waals surface area contributed by atoms with Gasteiger partial charge in [0, 0.05) is 33.4 Å². The molecule has 0 amide bonds.